The average molecular weight is 169 g/mol. The van der Waals surface area contributed by atoms with Gasteiger partial charge in [-0.25, -0.2) is 0 Å². The molecule has 0 fully saturated rings. The van der Waals surface area contributed by atoms with E-state index < -0.39 is 0 Å². The summed E-state index contributed by atoms with van der Waals surface area (Å²) in [4.78, 5) is 0. The van der Waals surface area contributed by atoms with Crippen LogP contribution in [0, 0.1) is 0 Å². The highest BCUT2D eigenvalue weighted by Gasteiger charge is 2.08. The average Bonchev–Trinajstić information content (AvgIpc) is 2.52. The molecule has 11 heavy (non-hydrogen) atoms. The Kier molecular flexibility index (Phi) is 3.22. The third-order valence-electron chi connectivity index (χ3n) is 1.42. The summed E-state index contributed by atoms with van der Waals surface area (Å²) in [5.41, 5.74) is 3.66. The molecule has 60 valence electrons. The summed E-state index contributed by atoms with van der Waals surface area (Å²) in [5.74, 6) is 5.32. The van der Waals surface area contributed by atoms with Gasteiger partial charge in [0.1, 0.15) is 0 Å². The van der Waals surface area contributed by atoms with Crippen LogP contribution in [0.5, 0.6) is 0 Å². The van der Waals surface area contributed by atoms with Gasteiger partial charge in [-0.15, -0.1) is 6.58 Å². The Balaban J connectivity index is 2.62. The first-order valence-electron chi connectivity index (χ1n) is 3.35. The molecular formula is C7H11N3S. The topological polar surface area (TPSA) is 50.9 Å². The second kappa shape index (κ2) is 4.23. The van der Waals surface area contributed by atoms with E-state index in [9.17, 15) is 0 Å². The third kappa shape index (κ3) is 2.11. The van der Waals surface area contributed by atoms with E-state index in [2.05, 4.69) is 16.4 Å². The molecular weight excluding hydrogens is 158 g/mol. The van der Waals surface area contributed by atoms with Crippen LogP contribution in [0.4, 0.5) is 0 Å². The fourth-order valence-electron chi connectivity index (χ4n) is 0.842. The zero-order chi connectivity index (χ0) is 8.10. The molecule has 1 atom stereocenters. The Morgan fingerprint density at radius 3 is 3.18 bits per heavy atom. The molecule has 0 saturated carbocycles. The van der Waals surface area contributed by atoms with Gasteiger partial charge in [-0.3, -0.25) is 11.3 Å². The number of nitrogens with one attached hydrogen (secondary N) is 1. The maximum atomic E-state index is 5.32. The Labute approximate surface area is 70.1 Å². The molecule has 1 rings (SSSR count). The summed E-state index contributed by atoms with van der Waals surface area (Å²) >= 11 is 1.43. The predicted molar refractivity (Wildman–Crippen MR) is 47.0 cm³/mol. The molecule has 1 aromatic rings. The van der Waals surface area contributed by atoms with E-state index in [1.165, 1.54) is 11.5 Å². The lowest BCUT2D eigenvalue weighted by Gasteiger charge is -2.09. The lowest BCUT2D eigenvalue weighted by molar-refractivity contribution is 0.552. The van der Waals surface area contributed by atoms with Crippen molar-refractivity contribution in [3.63, 3.8) is 0 Å². The van der Waals surface area contributed by atoms with Gasteiger partial charge < -0.3 is 0 Å². The van der Waals surface area contributed by atoms with Gasteiger partial charge in [0.25, 0.3) is 0 Å². The van der Waals surface area contributed by atoms with Gasteiger partial charge in [0.2, 0.25) is 0 Å². The number of hydrogen-bond donors (Lipinski definition) is 2. The van der Waals surface area contributed by atoms with Gasteiger partial charge in [-0.05, 0) is 24.0 Å². The van der Waals surface area contributed by atoms with Gasteiger partial charge >= 0.3 is 0 Å². The van der Waals surface area contributed by atoms with E-state index in [1.54, 1.807) is 0 Å². The van der Waals surface area contributed by atoms with Crippen LogP contribution < -0.4 is 11.3 Å². The third-order valence-corrected chi connectivity index (χ3v) is 1.99. The molecule has 1 heterocycles. The van der Waals surface area contributed by atoms with Crippen molar-refractivity contribution < 1.29 is 0 Å². The van der Waals surface area contributed by atoms with Gasteiger partial charge in [0.15, 0.2) is 0 Å². The van der Waals surface area contributed by atoms with E-state index in [0.29, 0.717) is 0 Å². The van der Waals surface area contributed by atoms with Crippen molar-refractivity contribution in [2.24, 2.45) is 5.84 Å². The van der Waals surface area contributed by atoms with Crippen molar-refractivity contribution in [2.75, 3.05) is 0 Å². The van der Waals surface area contributed by atoms with Crippen molar-refractivity contribution in [1.82, 2.24) is 9.80 Å². The van der Waals surface area contributed by atoms with Crippen molar-refractivity contribution in [3.8, 4) is 0 Å². The SMILES string of the molecule is C=CCC(NN)c1ccsn1. The van der Waals surface area contributed by atoms with Crippen molar-refractivity contribution in [1.29, 1.82) is 0 Å². The van der Waals surface area contributed by atoms with E-state index >= 15 is 0 Å². The standard InChI is InChI=1S/C7H11N3S/c1-2-3-6(9-8)7-4-5-11-10-7/h2,4-6,9H,1,3,8H2. The Morgan fingerprint density at radius 1 is 1.91 bits per heavy atom. The lowest BCUT2D eigenvalue weighted by Crippen LogP contribution is -2.27. The minimum absolute atomic E-state index is 0.110. The Hall–Kier alpha value is -0.710. The summed E-state index contributed by atoms with van der Waals surface area (Å²) in [6, 6.07) is 2.07. The van der Waals surface area contributed by atoms with E-state index in [4.69, 9.17) is 5.84 Å². The molecule has 0 aliphatic heterocycles. The Morgan fingerprint density at radius 2 is 2.73 bits per heavy atom. The Bertz CT molecular complexity index is 207. The largest absolute Gasteiger partial charge is 0.271 e. The van der Waals surface area contributed by atoms with Crippen LogP contribution >= 0.6 is 11.5 Å². The fraction of sp³-hybridized carbons (Fsp3) is 0.286. The molecule has 0 bridgehead atoms. The summed E-state index contributed by atoms with van der Waals surface area (Å²) in [6.45, 7) is 3.64. The molecule has 0 aromatic carbocycles. The number of rotatable bonds is 4. The summed E-state index contributed by atoms with van der Waals surface area (Å²) in [6.07, 6.45) is 2.63. The predicted octanol–water partition coefficient (Wildman–Crippen LogP) is 1.22. The summed E-state index contributed by atoms with van der Waals surface area (Å²) in [7, 11) is 0. The van der Waals surface area contributed by atoms with Crippen LogP contribution in [-0.4, -0.2) is 4.37 Å². The molecule has 0 saturated heterocycles. The second-order valence-corrected chi connectivity index (χ2v) is 2.83. The van der Waals surface area contributed by atoms with Gasteiger partial charge in [0.05, 0.1) is 11.7 Å². The fourth-order valence-corrected chi connectivity index (χ4v) is 1.41. The first-order chi connectivity index (χ1) is 5.38. The maximum Gasteiger partial charge on any atom is 0.0728 e. The lowest BCUT2D eigenvalue weighted by atomic mass is 10.1. The maximum absolute atomic E-state index is 5.32. The van der Waals surface area contributed by atoms with Crippen LogP contribution in [-0.2, 0) is 0 Å². The number of nitrogens with zero attached hydrogens (tertiary/aromatic N) is 1. The quantitative estimate of drug-likeness (QED) is 0.405. The van der Waals surface area contributed by atoms with Crippen LogP contribution in [0.2, 0.25) is 0 Å². The first kappa shape index (κ1) is 8.39. The summed E-state index contributed by atoms with van der Waals surface area (Å²) in [5, 5.41) is 1.93. The van der Waals surface area contributed by atoms with Crippen molar-refractivity contribution in [2.45, 2.75) is 12.5 Å². The zero-order valence-corrected chi connectivity index (χ0v) is 6.97. The number of hydrazine groups is 1. The van der Waals surface area contributed by atoms with Gasteiger partial charge in [0, 0.05) is 5.38 Å². The highest BCUT2D eigenvalue weighted by molar-refractivity contribution is 7.03. The first-order valence-corrected chi connectivity index (χ1v) is 4.19. The van der Waals surface area contributed by atoms with Crippen LogP contribution in [0.15, 0.2) is 24.1 Å². The molecule has 1 unspecified atom stereocenters. The van der Waals surface area contributed by atoms with Crippen LogP contribution in [0.3, 0.4) is 0 Å². The summed E-state index contributed by atoms with van der Waals surface area (Å²) < 4.78 is 4.16. The second-order valence-electron chi connectivity index (χ2n) is 2.17. The van der Waals surface area contributed by atoms with Crippen molar-refractivity contribution >= 4 is 11.5 Å². The molecule has 4 heteroatoms. The number of hydrogen-bond acceptors (Lipinski definition) is 4. The van der Waals surface area contributed by atoms with Gasteiger partial charge in [-0.2, -0.15) is 4.37 Å². The molecule has 0 aliphatic rings. The highest BCUT2D eigenvalue weighted by atomic mass is 32.1. The molecule has 3 N–H and O–H groups in total. The zero-order valence-electron chi connectivity index (χ0n) is 6.16. The molecule has 3 nitrogen and oxygen atoms in total. The monoisotopic (exact) mass is 169 g/mol. The smallest absolute Gasteiger partial charge is 0.0728 e. The van der Waals surface area contributed by atoms with E-state index in [-0.39, 0.29) is 6.04 Å². The van der Waals surface area contributed by atoms with Gasteiger partial charge in [-0.1, -0.05) is 6.08 Å². The number of aromatic nitrogens is 1. The molecule has 1 aromatic heterocycles. The van der Waals surface area contributed by atoms with Crippen LogP contribution in [0.25, 0.3) is 0 Å². The molecule has 0 spiro atoms. The minimum atomic E-state index is 0.110. The highest BCUT2D eigenvalue weighted by Crippen LogP contribution is 2.14. The molecule has 0 amide bonds. The minimum Gasteiger partial charge on any atom is -0.271 e. The molecule has 0 aliphatic carbocycles. The number of nitrogens with two attached hydrogens (primary N) is 1. The van der Waals surface area contributed by atoms with E-state index in [0.717, 1.165) is 12.1 Å². The van der Waals surface area contributed by atoms with Crippen molar-refractivity contribution in [3.05, 3.63) is 29.8 Å². The molecule has 0 radical (unpaired) electrons. The van der Waals surface area contributed by atoms with Crippen LogP contribution in [0.1, 0.15) is 18.2 Å². The van der Waals surface area contributed by atoms with E-state index in [1.807, 2.05) is 17.5 Å². The normalized spacial score (nSPS) is 12.8.